The van der Waals surface area contributed by atoms with Gasteiger partial charge in [0, 0.05) is 36.1 Å². The van der Waals surface area contributed by atoms with E-state index in [-0.39, 0.29) is 11.9 Å². The topological polar surface area (TPSA) is 164 Å². The van der Waals surface area contributed by atoms with E-state index in [2.05, 4.69) is 20.9 Å². The fourth-order valence-corrected chi connectivity index (χ4v) is 4.51. The Morgan fingerprint density at radius 2 is 1.80 bits per heavy atom. The van der Waals surface area contributed by atoms with Crippen LogP contribution in [0, 0.1) is 0 Å². The van der Waals surface area contributed by atoms with E-state index in [1.54, 1.807) is 42.6 Å². The van der Waals surface area contributed by atoms with Gasteiger partial charge in [-0.3, -0.25) is 14.7 Å². The molecule has 41 heavy (non-hydrogen) atoms. The van der Waals surface area contributed by atoms with Gasteiger partial charge in [-0.2, -0.15) is 13.2 Å². The number of nitrogens with zero attached hydrogens (tertiary/aromatic N) is 2. The molecule has 3 amide bonds. The lowest BCUT2D eigenvalue weighted by atomic mass is 9.99. The Morgan fingerprint density at radius 1 is 1.05 bits per heavy atom. The Labute approximate surface area is 235 Å². The first kappa shape index (κ1) is 29.5. The molecule has 2 aromatic carbocycles. The highest BCUT2D eigenvalue weighted by molar-refractivity contribution is 5.98. The van der Waals surface area contributed by atoms with Crippen LogP contribution in [0.1, 0.15) is 46.3 Å². The molecule has 0 fully saturated rings. The number of fused-ring (bicyclic) bond motifs is 1. The molecule has 0 aromatic heterocycles. The molecule has 9 N–H and O–H groups in total. The second kappa shape index (κ2) is 12.8. The van der Waals surface area contributed by atoms with Gasteiger partial charge >= 0.3 is 12.2 Å². The molecule has 4 rings (SSSR count). The molecule has 0 bridgehead atoms. The van der Waals surface area contributed by atoms with Gasteiger partial charge in [0.1, 0.15) is 6.17 Å². The summed E-state index contributed by atoms with van der Waals surface area (Å²) in [4.78, 5) is 30.5. The average Bonchev–Trinajstić information content (AvgIpc) is 3.34. The number of nitrogens with one attached hydrogen (secondary N) is 3. The van der Waals surface area contributed by atoms with Crippen molar-refractivity contribution in [1.82, 2.24) is 16.0 Å². The summed E-state index contributed by atoms with van der Waals surface area (Å²) in [6, 6.07) is 10.0. The normalized spacial score (nSPS) is 16.2. The standard InChI is InChI=1S/C28H33F3N8O2/c29-28(30,31)21-13-17(4-1-2-9-32)12-19(14-21)23-15-20-16-39(27(41)38-24(20)37-23)22-7-5-18(6-8-22)25(40)35-10-3-11-36-26(33)34/h5-8,12-16,24,37H,1-4,9-11,32H2,(H,35,40)(H,38,41)(H4,33,34,36). The number of guanidine groups is 1. The van der Waals surface area contributed by atoms with Crippen LogP contribution in [0.4, 0.5) is 23.7 Å². The maximum Gasteiger partial charge on any atom is 0.416 e. The molecule has 218 valence electrons. The molecule has 13 heteroatoms. The molecular formula is C28H33F3N8O2. The number of anilines is 1. The summed E-state index contributed by atoms with van der Waals surface area (Å²) in [5.41, 5.74) is 18.4. The van der Waals surface area contributed by atoms with Gasteiger partial charge in [-0.25, -0.2) is 4.79 Å². The van der Waals surface area contributed by atoms with E-state index in [0.717, 1.165) is 12.5 Å². The lowest BCUT2D eigenvalue weighted by Crippen LogP contribution is -2.51. The molecule has 1 unspecified atom stereocenters. The Balaban J connectivity index is 1.49. The van der Waals surface area contributed by atoms with Gasteiger partial charge in [0.15, 0.2) is 5.96 Å². The number of alkyl halides is 3. The van der Waals surface area contributed by atoms with Crippen molar-refractivity contribution in [2.75, 3.05) is 24.5 Å². The third-order valence-corrected chi connectivity index (χ3v) is 6.58. The van der Waals surface area contributed by atoms with Gasteiger partial charge in [-0.15, -0.1) is 0 Å². The SMILES string of the molecule is NCCCCc1cc(C2=CC3=CN(c4ccc(C(=O)NCCCN=C(N)N)cc4)C(=O)NC3N2)cc(C(F)(F)F)c1. The first-order chi connectivity index (χ1) is 19.5. The summed E-state index contributed by atoms with van der Waals surface area (Å²) < 4.78 is 40.9. The number of urea groups is 1. The number of benzene rings is 2. The Bertz CT molecular complexity index is 1370. The number of aliphatic imine (C=N–C) groups is 1. The lowest BCUT2D eigenvalue weighted by Gasteiger charge is -2.29. The van der Waals surface area contributed by atoms with E-state index >= 15 is 0 Å². The van der Waals surface area contributed by atoms with Crippen molar-refractivity contribution in [1.29, 1.82) is 0 Å². The number of nitrogens with two attached hydrogens (primary N) is 3. The third kappa shape index (κ3) is 7.57. The zero-order valence-corrected chi connectivity index (χ0v) is 22.3. The number of hydrogen-bond acceptors (Lipinski definition) is 5. The van der Waals surface area contributed by atoms with Crippen LogP contribution in [0.5, 0.6) is 0 Å². The average molecular weight is 571 g/mol. The second-order valence-corrected chi connectivity index (χ2v) is 9.71. The van der Waals surface area contributed by atoms with Gasteiger partial charge in [0.05, 0.1) is 11.3 Å². The fourth-order valence-electron chi connectivity index (χ4n) is 4.51. The predicted molar refractivity (Wildman–Crippen MR) is 151 cm³/mol. The number of carbonyl (C=O) groups excluding carboxylic acids is 2. The summed E-state index contributed by atoms with van der Waals surface area (Å²) >= 11 is 0. The smallest absolute Gasteiger partial charge is 0.370 e. The van der Waals surface area contributed by atoms with Crippen LogP contribution in [0.25, 0.3) is 5.70 Å². The Hall–Kier alpha value is -4.52. The molecule has 2 aromatic rings. The van der Waals surface area contributed by atoms with Crippen LogP contribution in [0.15, 0.2) is 65.3 Å². The lowest BCUT2D eigenvalue weighted by molar-refractivity contribution is -0.137. The van der Waals surface area contributed by atoms with Crippen molar-refractivity contribution in [2.24, 2.45) is 22.2 Å². The second-order valence-electron chi connectivity index (χ2n) is 9.71. The highest BCUT2D eigenvalue weighted by Gasteiger charge is 2.34. The summed E-state index contributed by atoms with van der Waals surface area (Å²) in [7, 11) is 0. The molecule has 0 aliphatic carbocycles. The number of halogens is 3. The maximum absolute atomic E-state index is 13.6. The summed E-state index contributed by atoms with van der Waals surface area (Å²) in [6.07, 6.45) is 0.712. The van der Waals surface area contributed by atoms with Crippen LogP contribution in [0.3, 0.4) is 0 Å². The number of aryl methyl sites for hydroxylation is 1. The molecule has 2 aliphatic heterocycles. The van der Waals surface area contributed by atoms with E-state index in [9.17, 15) is 22.8 Å². The molecule has 2 aliphatic rings. The highest BCUT2D eigenvalue weighted by Crippen LogP contribution is 2.34. The van der Waals surface area contributed by atoms with Gasteiger partial charge in [-0.05, 0) is 91.9 Å². The number of unbranched alkanes of at least 4 members (excludes halogenated alkanes) is 1. The fraction of sp³-hybridized carbons (Fsp3) is 0.321. The zero-order chi connectivity index (χ0) is 29.6. The number of hydrogen-bond donors (Lipinski definition) is 6. The van der Waals surface area contributed by atoms with Crippen LogP contribution < -0.4 is 38.1 Å². The molecule has 2 heterocycles. The van der Waals surface area contributed by atoms with E-state index in [4.69, 9.17) is 17.2 Å². The third-order valence-electron chi connectivity index (χ3n) is 6.58. The summed E-state index contributed by atoms with van der Waals surface area (Å²) in [5, 5.41) is 8.72. The van der Waals surface area contributed by atoms with E-state index in [0.29, 0.717) is 72.5 Å². The van der Waals surface area contributed by atoms with Crippen molar-refractivity contribution in [2.45, 2.75) is 38.0 Å². The molecular weight excluding hydrogens is 537 g/mol. The monoisotopic (exact) mass is 570 g/mol. The van der Waals surface area contributed by atoms with E-state index in [1.807, 2.05) is 0 Å². The van der Waals surface area contributed by atoms with Crippen LogP contribution in [-0.2, 0) is 12.6 Å². The Kier molecular flexibility index (Phi) is 9.17. The maximum atomic E-state index is 13.6. The molecule has 0 spiro atoms. The van der Waals surface area contributed by atoms with Gasteiger partial charge in [0.25, 0.3) is 5.91 Å². The van der Waals surface area contributed by atoms with Crippen LogP contribution >= 0.6 is 0 Å². The molecule has 1 atom stereocenters. The van der Waals surface area contributed by atoms with Gasteiger partial charge in [0.2, 0.25) is 0 Å². The first-order valence-corrected chi connectivity index (χ1v) is 13.2. The highest BCUT2D eigenvalue weighted by atomic mass is 19.4. The minimum Gasteiger partial charge on any atom is -0.370 e. The van der Waals surface area contributed by atoms with E-state index in [1.165, 1.54) is 11.0 Å². The number of carbonyl (C=O) groups is 2. The molecule has 0 radical (unpaired) electrons. The number of rotatable bonds is 11. The minimum atomic E-state index is -4.49. The van der Waals surface area contributed by atoms with Crippen molar-refractivity contribution < 1.29 is 22.8 Å². The Morgan fingerprint density at radius 3 is 2.49 bits per heavy atom. The quantitative estimate of drug-likeness (QED) is 0.138. The van der Waals surface area contributed by atoms with Gasteiger partial charge < -0.3 is 33.2 Å². The van der Waals surface area contributed by atoms with E-state index < -0.39 is 23.9 Å². The van der Waals surface area contributed by atoms with Crippen molar-refractivity contribution in [3.05, 3.63) is 82.6 Å². The molecule has 10 nitrogen and oxygen atoms in total. The minimum absolute atomic E-state index is 0.00565. The molecule has 0 saturated heterocycles. The van der Waals surface area contributed by atoms with Crippen molar-refractivity contribution in [3.63, 3.8) is 0 Å². The first-order valence-electron chi connectivity index (χ1n) is 13.2. The van der Waals surface area contributed by atoms with Crippen molar-refractivity contribution in [3.8, 4) is 0 Å². The number of amides is 3. The van der Waals surface area contributed by atoms with Crippen molar-refractivity contribution >= 4 is 29.3 Å². The van der Waals surface area contributed by atoms with Gasteiger partial charge in [-0.1, -0.05) is 0 Å². The van der Waals surface area contributed by atoms with Crippen LogP contribution in [0.2, 0.25) is 0 Å². The zero-order valence-electron chi connectivity index (χ0n) is 22.3. The predicted octanol–water partition coefficient (Wildman–Crippen LogP) is 2.76. The largest absolute Gasteiger partial charge is 0.416 e. The summed E-state index contributed by atoms with van der Waals surface area (Å²) in [6.45, 7) is 1.26. The molecule has 0 saturated carbocycles. The summed E-state index contributed by atoms with van der Waals surface area (Å²) in [5.74, 6) is -0.285. The van der Waals surface area contributed by atoms with Crippen LogP contribution in [-0.4, -0.2) is 43.7 Å².